The smallest absolute Gasteiger partial charge is 0.306 e. The lowest BCUT2D eigenvalue weighted by Gasteiger charge is -2.02. The van der Waals surface area contributed by atoms with E-state index in [-0.39, 0.29) is 5.97 Å². The molecule has 0 unspecified atom stereocenters. The summed E-state index contributed by atoms with van der Waals surface area (Å²) in [5.74, 6) is -0.0426. The Morgan fingerprint density at radius 1 is 0.882 bits per heavy atom. The van der Waals surface area contributed by atoms with Crippen LogP contribution in [-0.4, -0.2) is 10.6 Å². The number of carbonyl (C=O) groups excluding carboxylic acids is 1. The van der Waals surface area contributed by atoms with Crippen LogP contribution < -0.4 is 0 Å². The fourth-order valence-corrected chi connectivity index (χ4v) is 2.24. The Hall–Kier alpha value is 0.200. The summed E-state index contributed by atoms with van der Waals surface area (Å²) in [5, 5.41) is 0. The Morgan fingerprint density at radius 3 is 1.82 bits per heavy atom. The van der Waals surface area contributed by atoms with Crippen LogP contribution >= 0.6 is 22.6 Å². The van der Waals surface area contributed by atoms with Gasteiger partial charge in [-0.15, -0.1) is 0 Å². The summed E-state index contributed by atoms with van der Waals surface area (Å²) in [7, 11) is 0. The monoisotopic (exact) mass is 354 g/mol. The predicted octanol–water partition coefficient (Wildman–Crippen LogP) is 5.23. The van der Waals surface area contributed by atoms with Crippen LogP contribution in [0.25, 0.3) is 0 Å². The van der Waals surface area contributed by atoms with Gasteiger partial charge in [-0.3, -0.25) is 4.79 Å². The van der Waals surface area contributed by atoms with Crippen molar-refractivity contribution in [3.05, 3.63) is 0 Å². The van der Waals surface area contributed by atoms with Gasteiger partial charge < -0.3 is 4.74 Å². The van der Waals surface area contributed by atoms with Crippen LogP contribution in [0.1, 0.15) is 77.6 Å². The van der Waals surface area contributed by atoms with Gasteiger partial charge in [-0.05, 0) is 29.0 Å². The van der Waals surface area contributed by atoms with E-state index in [0.29, 0.717) is 11.0 Å². The van der Waals surface area contributed by atoms with Crippen LogP contribution in [0.15, 0.2) is 0 Å². The molecule has 0 aliphatic carbocycles. The molecule has 0 atom stereocenters. The number of esters is 1. The van der Waals surface area contributed by atoms with Crippen molar-refractivity contribution in [2.24, 2.45) is 0 Å². The Morgan fingerprint density at radius 2 is 1.35 bits per heavy atom. The summed E-state index contributed by atoms with van der Waals surface area (Å²) < 4.78 is 5.35. The average Bonchev–Trinajstić information content (AvgIpc) is 2.32. The second kappa shape index (κ2) is 14.3. The van der Waals surface area contributed by atoms with E-state index in [9.17, 15) is 4.79 Å². The van der Waals surface area contributed by atoms with E-state index in [0.717, 1.165) is 6.42 Å². The quantitative estimate of drug-likeness (QED) is 0.208. The topological polar surface area (TPSA) is 26.3 Å². The zero-order chi connectivity index (χ0) is 12.8. The molecule has 102 valence electrons. The van der Waals surface area contributed by atoms with Crippen molar-refractivity contribution in [2.75, 3.05) is 4.61 Å². The van der Waals surface area contributed by atoms with Crippen LogP contribution in [0.2, 0.25) is 0 Å². The molecule has 0 aromatic heterocycles. The Kier molecular flexibility index (Phi) is 14.4. The van der Waals surface area contributed by atoms with Gasteiger partial charge in [-0.1, -0.05) is 64.7 Å². The number of unbranched alkanes of at least 4 members (excludes halogenated alkanes) is 9. The molecule has 0 spiro atoms. The highest BCUT2D eigenvalue weighted by atomic mass is 127. The van der Waals surface area contributed by atoms with Gasteiger partial charge in [0.1, 0.15) is 4.61 Å². The third-order valence-electron chi connectivity index (χ3n) is 2.95. The van der Waals surface area contributed by atoms with Gasteiger partial charge in [-0.2, -0.15) is 0 Å². The first-order chi connectivity index (χ1) is 8.31. The molecule has 0 aliphatic heterocycles. The Bertz CT molecular complexity index is 172. The van der Waals surface area contributed by atoms with Crippen molar-refractivity contribution in [3.8, 4) is 0 Å². The van der Waals surface area contributed by atoms with Crippen molar-refractivity contribution in [1.29, 1.82) is 0 Å². The van der Waals surface area contributed by atoms with Crippen LogP contribution in [-0.2, 0) is 9.53 Å². The van der Waals surface area contributed by atoms with Gasteiger partial charge in [0.25, 0.3) is 0 Å². The minimum atomic E-state index is -0.0426. The van der Waals surface area contributed by atoms with Gasteiger partial charge in [0.15, 0.2) is 0 Å². The van der Waals surface area contributed by atoms with Crippen LogP contribution in [0.4, 0.5) is 0 Å². The predicted molar refractivity (Wildman–Crippen MR) is 81.4 cm³/mol. The molecule has 0 bridgehead atoms. The van der Waals surface area contributed by atoms with E-state index in [1.54, 1.807) is 0 Å². The standard InChI is InChI=1S/C14H27IO2/c1-2-3-4-5-6-7-8-9-10-11-12-14(16)17-13-15/h2-13H2,1H3. The molecule has 0 saturated carbocycles. The number of hydrogen-bond donors (Lipinski definition) is 0. The van der Waals surface area contributed by atoms with Crippen LogP contribution in [0, 0.1) is 0 Å². The molecule has 0 heterocycles. The SMILES string of the molecule is CCCCCCCCCCCCC(=O)OCI. The molecule has 0 saturated heterocycles. The van der Waals surface area contributed by atoms with E-state index in [1.807, 2.05) is 0 Å². The van der Waals surface area contributed by atoms with E-state index in [2.05, 4.69) is 29.5 Å². The van der Waals surface area contributed by atoms with Gasteiger partial charge in [0, 0.05) is 6.42 Å². The number of hydrogen-bond acceptors (Lipinski definition) is 2. The van der Waals surface area contributed by atoms with Crippen molar-refractivity contribution >= 4 is 28.6 Å². The zero-order valence-electron chi connectivity index (χ0n) is 11.2. The zero-order valence-corrected chi connectivity index (χ0v) is 13.3. The number of carbonyl (C=O) groups is 1. The second-order valence-electron chi connectivity index (χ2n) is 4.56. The first kappa shape index (κ1) is 17.2. The maximum Gasteiger partial charge on any atom is 0.306 e. The molecule has 0 N–H and O–H groups in total. The van der Waals surface area contributed by atoms with Crippen molar-refractivity contribution in [3.63, 3.8) is 0 Å². The number of halogens is 1. The summed E-state index contributed by atoms with van der Waals surface area (Å²) in [6.45, 7) is 2.25. The summed E-state index contributed by atoms with van der Waals surface area (Å²) in [4.78, 5) is 11.1. The fourth-order valence-electron chi connectivity index (χ4n) is 1.89. The average molecular weight is 354 g/mol. The molecule has 17 heavy (non-hydrogen) atoms. The number of alkyl halides is 1. The Labute approximate surface area is 120 Å². The summed E-state index contributed by atoms with van der Waals surface area (Å²) in [6.07, 6.45) is 13.6. The van der Waals surface area contributed by atoms with Crippen molar-refractivity contribution in [1.82, 2.24) is 0 Å². The highest BCUT2D eigenvalue weighted by Crippen LogP contribution is 2.11. The van der Waals surface area contributed by atoms with Crippen molar-refractivity contribution in [2.45, 2.75) is 77.6 Å². The molecule has 0 fully saturated rings. The molecule has 3 heteroatoms. The summed E-state index contributed by atoms with van der Waals surface area (Å²) >= 11 is 2.05. The van der Waals surface area contributed by atoms with E-state index >= 15 is 0 Å². The van der Waals surface area contributed by atoms with Gasteiger partial charge >= 0.3 is 5.97 Å². The lowest BCUT2D eigenvalue weighted by Crippen LogP contribution is -2.01. The minimum absolute atomic E-state index is 0.0426. The molecule has 2 nitrogen and oxygen atoms in total. The maximum atomic E-state index is 11.1. The number of rotatable bonds is 12. The minimum Gasteiger partial charge on any atom is -0.455 e. The lowest BCUT2D eigenvalue weighted by molar-refractivity contribution is -0.141. The molecule has 0 aromatic carbocycles. The summed E-state index contributed by atoms with van der Waals surface area (Å²) in [5.41, 5.74) is 0. The highest BCUT2D eigenvalue weighted by Gasteiger charge is 2.00. The molecule has 0 radical (unpaired) electrons. The van der Waals surface area contributed by atoms with Crippen LogP contribution in [0.3, 0.4) is 0 Å². The van der Waals surface area contributed by atoms with Crippen LogP contribution in [0.5, 0.6) is 0 Å². The summed E-state index contributed by atoms with van der Waals surface area (Å²) in [6, 6.07) is 0. The first-order valence-electron chi connectivity index (χ1n) is 7.02. The molecule has 0 aliphatic rings. The molecule has 0 amide bonds. The van der Waals surface area contributed by atoms with Crippen molar-refractivity contribution < 1.29 is 9.53 Å². The number of ether oxygens (including phenoxy) is 1. The largest absolute Gasteiger partial charge is 0.455 e. The van der Waals surface area contributed by atoms with E-state index in [1.165, 1.54) is 57.8 Å². The van der Waals surface area contributed by atoms with Gasteiger partial charge in [0.2, 0.25) is 0 Å². The fraction of sp³-hybridized carbons (Fsp3) is 0.929. The third kappa shape index (κ3) is 14.1. The molecule has 0 aromatic rings. The molecular formula is C14H27IO2. The molecule has 0 rings (SSSR count). The lowest BCUT2D eigenvalue weighted by atomic mass is 10.1. The van der Waals surface area contributed by atoms with Gasteiger partial charge in [0.05, 0.1) is 0 Å². The molecular weight excluding hydrogens is 327 g/mol. The second-order valence-corrected chi connectivity index (χ2v) is 5.18. The first-order valence-corrected chi connectivity index (χ1v) is 8.55. The normalized spacial score (nSPS) is 10.5. The third-order valence-corrected chi connectivity index (χ3v) is 3.26. The van der Waals surface area contributed by atoms with Gasteiger partial charge in [-0.25, -0.2) is 0 Å². The highest BCUT2D eigenvalue weighted by molar-refractivity contribution is 14.1. The Balaban J connectivity index is 3.01. The van der Waals surface area contributed by atoms with E-state index < -0.39 is 0 Å². The maximum absolute atomic E-state index is 11.1. The van der Waals surface area contributed by atoms with E-state index in [4.69, 9.17) is 4.74 Å².